The van der Waals surface area contributed by atoms with E-state index in [0.29, 0.717) is 11.5 Å². The Kier molecular flexibility index (Phi) is 4.12. The molecule has 0 aliphatic rings. The molecule has 2 heteroatoms. The summed E-state index contributed by atoms with van der Waals surface area (Å²) < 4.78 is 0. The standard InChI is InChI=1S/C12H16N2/c1-3-5-11(4-2)12-7-6-10(8-13)9-14-12/h6-7,9,11H,3-5H2,1-2H3. The van der Waals surface area contributed by atoms with E-state index >= 15 is 0 Å². The summed E-state index contributed by atoms with van der Waals surface area (Å²) in [7, 11) is 0. The largest absolute Gasteiger partial charge is 0.260 e. The van der Waals surface area contributed by atoms with Crippen molar-refractivity contribution < 1.29 is 0 Å². The zero-order valence-electron chi connectivity index (χ0n) is 8.83. The van der Waals surface area contributed by atoms with Gasteiger partial charge in [-0.25, -0.2) is 0 Å². The Labute approximate surface area is 85.6 Å². The Hall–Kier alpha value is -1.36. The summed E-state index contributed by atoms with van der Waals surface area (Å²) in [5, 5.41) is 8.64. The van der Waals surface area contributed by atoms with Crippen molar-refractivity contribution in [1.29, 1.82) is 5.26 Å². The summed E-state index contributed by atoms with van der Waals surface area (Å²) in [5.41, 5.74) is 1.76. The highest BCUT2D eigenvalue weighted by atomic mass is 14.7. The molecule has 1 atom stereocenters. The summed E-state index contributed by atoms with van der Waals surface area (Å²) in [6, 6.07) is 5.90. The van der Waals surface area contributed by atoms with Crippen molar-refractivity contribution in [3.8, 4) is 6.07 Å². The molecule has 0 fully saturated rings. The normalized spacial score (nSPS) is 12.1. The zero-order valence-corrected chi connectivity index (χ0v) is 8.83. The number of nitrogens with zero attached hydrogens (tertiary/aromatic N) is 2. The molecule has 0 saturated heterocycles. The van der Waals surface area contributed by atoms with Gasteiger partial charge in [-0.2, -0.15) is 5.26 Å². The van der Waals surface area contributed by atoms with Gasteiger partial charge in [-0.3, -0.25) is 4.98 Å². The van der Waals surface area contributed by atoms with Gasteiger partial charge in [0.2, 0.25) is 0 Å². The molecule has 0 bridgehead atoms. The lowest BCUT2D eigenvalue weighted by Gasteiger charge is -2.12. The van der Waals surface area contributed by atoms with Gasteiger partial charge < -0.3 is 0 Å². The fourth-order valence-corrected chi connectivity index (χ4v) is 1.62. The monoisotopic (exact) mass is 188 g/mol. The first-order valence-corrected chi connectivity index (χ1v) is 5.17. The fraction of sp³-hybridized carbons (Fsp3) is 0.500. The Morgan fingerprint density at radius 3 is 2.64 bits per heavy atom. The van der Waals surface area contributed by atoms with Gasteiger partial charge in [0.15, 0.2) is 0 Å². The van der Waals surface area contributed by atoms with Gasteiger partial charge in [-0.1, -0.05) is 20.3 Å². The maximum Gasteiger partial charge on any atom is 0.101 e. The SMILES string of the molecule is CCCC(CC)c1ccc(C#N)cn1. The van der Waals surface area contributed by atoms with Crippen molar-refractivity contribution in [1.82, 2.24) is 4.98 Å². The molecule has 1 unspecified atom stereocenters. The van der Waals surface area contributed by atoms with E-state index in [9.17, 15) is 0 Å². The Bertz CT molecular complexity index is 308. The van der Waals surface area contributed by atoms with Crippen LogP contribution in [0.15, 0.2) is 18.3 Å². The van der Waals surface area contributed by atoms with Crippen LogP contribution in [0.2, 0.25) is 0 Å². The molecule has 14 heavy (non-hydrogen) atoms. The molecule has 0 aromatic carbocycles. The van der Waals surface area contributed by atoms with E-state index in [1.165, 1.54) is 12.8 Å². The van der Waals surface area contributed by atoms with E-state index in [4.69, 9.17) is 5.26 Å². The maximum atomic E-state index is 8.64. The van der Waals surface area contributed by atoms with Gasteiger partial charge in [0, 0.05) is 17.8 Å². The third-order valence-electron chi connectivity index (χ3n) is 2.46. The molecule has 0 saturated carbocycles. The van der Waals surface area contributed by atoms with Crippen molar-refractivity contribution in [2.75, 3.05) is 0 Å². The van der Waals surface area contributed by atoms with Gasteiger partial charge in [-0.05, 0) is 25.0 Å². The van der Waals surface area contributed by atoms with E-state index in [2.05, 4.69) is 24.9 Å². The number of rotatable bonds is 4. The molecule has 0 radical (unpaired) electrons. The number of aromatic nitrogens is 1. The highest BCUT2D eigenvalue weighted by Crippen LogP contribution is 2.22. The molecule has 0 spiro atoms. The van der Waals surface area contributed by atoms with E-state index in [1.807, 2.05) is 12.1 Å². The predicted molar refractivity (Wildman–Crippen MR) is 56.9 cm³/mol. The topological polar surface area (TPSA) is 36.7 Å². The van der Waals surface area contributed by atoms with E-state index in [1.54, 1.807) is 6.20 Å². The predicted octanol–water partition coefficient (Wildman–Crippen LogP) is 3.25. The van der Waals surface area contributed by atoms with Crippen molar-refractivity contribution >= 4 is 0 Å². The van der Waals surface area contributed by atoms with Gasteiger partial charge in [0.25, 0.3) is 0 Å². The Morgan fingerprint density at radius 2 is 2.21 bits per heavy atom. The first-order chi connectivity index (χ1) is 6.81. The first kappa shape index (κ1) is 10.7. The lowest BCUT2D eigenvalue weighted by atomic mass is 9.96. The Morgan fingerprint density at radius 1 is 1.43 bits per heavy atom. The van der Waals surface area contributed by atoms with Gasteiger partial charge >= 0.3 is 0 Å². The molecule has 2 nitrogen and oxygen atoms in total. The van der Waals surface area contributed by atoms with Crippen LogP contribution >= 0.6 is 0 Å². The molecular weight excluding hydrogens is 172 g/mol. The number of hydrogen-bond donors (Lipinski definition) is 0. The highest BCUT2D eigenvalue weighted by molar-refractivity contribution is 5.27. The molecule has 1 heterocycles. The Balaban J connectivity index is 2.79. The van der Waals surface area contributed by atoms with Crippen LogP contribution in [-0.4, -0.2) is 4.98 Å². The third kappa shape index (κ3) is 2.56. The molecule has 0 N–H and O–H groups in total. The van der Waals surface area contributed by atoms with E-state index < -0.39 is 0 Å². The number of nitriles is 1. The zero-order chi connectivity index (χ0) is 10.4. The second-order valence-electron chi connectivity index (χ2n) is 3.48. The summed E-state index contributed by atoms with van der Waals surface area (Å²) >= 11 is 0. The van der Waals surface area contributed by atoms with E-state index in [0.717, 1.165) is 12.1 Å². The van der Waals surface area contributed by atoms with Gasteiger partial charge in [-0.15, -0.1) is 0 Å². The van der Waals surface area contributed by atoms with Crippen molar-refractivity contribution in [2.24, 2.45) is 0 Å². The van der Waals surface area contributed by atoms with Gasteiger partial charge in [0.05, 0.1) is 5.56 Å². The van der Waals surface area contributed by atoms with E-state index in [-0.39, 0.29) is 0 Å². The van der Waals surface area contributed by atoms with Crippen molar-refractivity contribution in [2.45, 2.75) is 39.0 Å². The number of hydrogen-bond acceptors (Lipinski definition) is 2. The second kappa shape index (κ2) is 5.39. The van der Waals surface area contributed by atoms with Crippen LogP contribution < -0.4 is 0 Å². The van der Waals surface area contributed by atoms with Crippen LogP contribution in [0.3, 0.4) is 0 Å². The molecule has 0 amide bonds. The van der Waals surface area contributed by atoms with Crippen molar-refractivity contribution in [3.63, 3.8) is 0 Å². The van der Waals surface area contributed by atoms with Crippen LogP contribution in [0.25, 0.3) is 0 Å². The first-order valence-electron chi connectivity index (χ1n) is 5.17. The second-order valence-corrected chi connectivity index (χ2v) is 3.48. The molecule has 74 valence electrons. The van der Waals surface area contributed by atoms with Crippen LogP contribution in [0, 0.1) is 11.3 Å². The van der Waals surface area contributed by atoms with Crippen LogP contribution in [-0.2, 0) is 0 Å². The summed E-state index contributed by atoms with van der Waals surface area (Å²) in [4.78, 5) is 4.32. The summed E-state index contributed by atoms with van der Waals surface area (Å²) in [6.07, 6.45) is 5.13. The van der Waals surface area contributed by atoms with Crippen molar-refractivity contribution in [3.05, 3.63) is 29.6 Å². The van der Waals surface area contributed by atoms with Crippen LogP contribution in [0.1, 0.15) is 50.3 Å². The lowest BCUT2D eigenvalue weighted by molar-refractivity contribution is 0.581. The molecule has 1 aromatic heterocycles. The summed E-state index contributed by atoms with van der Waals surface area (Å²) in [5.74, 6) is 0.549. The molecule has 0 aliphatic heterocycles. The smallest absolute Gasteiger partial charge is 0.101 e. The third-order valence-corrected chi connectivity index (χ3v) is 2.46. The highest BCUT2D eigenvalue weighted by Gasteiger charge is 2.08. The van der Waals surface area contributed by atoms with Crippen LogP contribution in [0.5, 0.6) is 0 Å². The number of pyridine rings is 1. The minimum Gasteiger partial charge on any atom is -0.260 e. The molecule has 0 aliphatic carbocycles. The maximum absolute atomic E-state index is 8.64. The molecular formula is C12H16N2. The summed E-state index contributed by atoms with van der Waals surface area (Å²) in [6.45, 7) is 4.37. The molecule has 1 rings (SSSR count). The van der Waals surface area contributed by atoms with Gasteiger partial charge in [0.1, 0.15) is 6.07 Å². The van der Waals surface area contributed by atoms with Crippen LogP contribution in [0.4, 0.5) is 0 Å². The minimum absolute atomic E-state index is 0.549. The average Bonchev–Trinajstić information content (AvgIpc) is 2.26. The fourth-order valence-electron chi connectivity index (χ4n) is 1.62. The quantitative estimate of drug-likeness (QED) is 0.727. The average molecular weight is 188 g/mol. The minimum atomic E-state index is 0.549. The molecule has 1 aromatic rings. The lowest BCUT2D eigenvalue weighted by Crippen LogP contribution is -1.99.